The Hall–Kier alpha value is -0.760. The van der Waals surface area contributed by atoms with Crippen LogP contribution >= 0.6 is 0 Å². The fraction of sp³-hybridized carbons (Fsp3) is 0.500. The van der Waals surface area contributed by atoms with E-state index >= 15 is 0 Å². The Bertz CT molecular complexity index is 193. The van der Waals surface area contributed by atoms with E-state index in [9.17, 15) is 0 Å². The number of nitrogens with one attached hydrogen (secondary N) is 1. The molecule has 1 aromatic heterocycles. The van der Waals surface area contributed by atoms with E-state index < -0.39 is 0 Å². The number of aryl methyl sites for hydroxylation is 1. The van der Waals surface area contributed by atoms with Gasteiger partial charge in [-0.3, -0.25) is 0 Å². The van der Waals surface area contributed by atoms with Crippen LogP contribution in [0.3, 0.4) is 0 Å². The van der Waals surface area contributed by atoms with Gasteiger partial charge in [0, 0.05) is 18.5 Å². The first-order valence-electron chi connectivity index (χ1n) is 3.55. The first-order valence-corrected chi connectivity index (χ1v) is 3.55. The molecule has 0 unspecified atom stereocenters. The van der Waals surface area contributed by atoms with Gasteiger partial charge in [-0.15, -0.1) is 0 Å². The highest BCUT2D eigenvalue weighted by molar-refractivity contribution is 5.17. The van der Waals surface area contributed by atoms with Gasteiger partial charge in [-0.25, -0.2) is 0 Å². The first kappa shape index (κ1) is 7.35. The lowest BCUT2D eigenvalue weighted by Gasteiger charge is -1.98. The summed E-state index contributed by atoms with van der Waals surface area (Å²) in [7, 11) is 0. The third kappa shape index (κ3) is 1.61. The fourth-order valence-electron chi connectivity index (χ4n) is 0.853. The number of ether oxygens (including phenoxy) is 1. The Balaban J connectivity index is 2.49. The molecule has 0 aliphatic carbocycles. The Morgan fingerprint density at radius 1 is 1.60 bits per heavy atom. The average molecular weight is 139 g/mol. The van der Waals surface area contributed by atoms with Crippen molar-refractivity contribution in [3.8, 4) is 0 Å². The summed E-state index contributed by atoms with van der Waals surface area (Å²) in [6.07, 6.45) is 1.93. The van der Waals surface area contributed by atoms with Gasteiger partial charge in [0.2, 0.25) is 0 Å². The minimum Gasteiger partial charge on any atom is -0.377 e. The van der Waals surface area contributed by atoms with Crippen molar-refractivity contribution in [1.82, 2.24) is 4.98 Å². The van der Waals surface area contributed by atoms with Crippen molar-refractivity contribution in [2.75, 3.05) is 6.61 Å². The third-order valence-corrected chi connectivity index (χ3v) is 1.53. The molecular formula is C8H13NO. The van der Waals surface area contributed by atoms with Crippen LogP contribution in [0.2, 0.25) is 0 Å². The quantitative estimate of drug-likeness (QED) is 0.679. The maximum atomic E-state index is 5.24. The van der Waals surface area contributed by atoms with E-state index in [1.54, 1.807) is 0 Å². The fourth-order valence-corrected chi connectivity index (χ4v) is 0.853. The first-order chi connectivity index (χ1) is 4.84. The topological polar surface area (TPSA) is 25.0 Å². The Morgan fingerprint density at radius 3 is 2.90 bits per heavy atom. The molecule has 0 fully saturated rings. The van der Waals surface area contributed by atoms with Crippen LogP contribution in [0.15, 0.2) is 12.3 Å². The number of rotatable bonds is 3. The number of aromatic amines is 1. The summed E-state index contributed by atoms with van der Waals surface area (Å²) in [4.78, 5) is 3.10. The molecule has 0 radical (unpaired) electrons. The predicted molar refractivity (Wildman–Crippen MR) is 40.9 cm³/mol. The van der Waals surface area contributed by atoms with Crippen molar-refractivity contribution in [3.63, 3.8) is 0 Å². The molecule has 56 valence electrons. The van der Waals surface area contributed by atoms with Crippen molar-refractivity contribution >= 4 is 0 Å². The number of hydrogen-bond donors (Lipinski definition) is 1. The molecule has 0 amide bonds. The van der Waals surface area contributed by atoms with Gasteiger partial charge in [0.25, 0.3) is 0 Å². The summed E-state index contributed by atoms with van der Waals surface area (Å²) in [6, 6.07) is 2.05. The summed E-state index contributed by atoms with van der Waals surface area (Å²) in [5.74, 6) is 0. The second-order valence-electron chi connectivity index (χ2n) is 2.27. The molecule has 1 heterocycles. The lowest BCUT2D eigenvalue weighted by Crippen LogP contribution is -1.91. The van der Waals surface area contributed by atoms with E-state index in [1.807, 2.05) is 26.1 Å². The molecule has 0 saturated heterocycles. The van der Waals surface area contributed by atoms with Crippen LogP contribution < -0.4 is 0 Å². The van der Waals surface area contributed by atoms with Gasteiger partial charge in [0.1, 0.15) is 0 Å². The Morgan fingerprint density at radius 2 is 2.40 bits per heavy atom. The number of aromatic nitrogens is 1. The average Bonchev–Trinajstić information content (AvgIpc) is 2.31. The van der Waals surface area contributed by atoms with Crippen LogP contribution in [0.1, 0.15) is 18.2 Å². The zero-order chi connectivity index (χ0) is 7.40. The van der Waals surface area contributed by atoms with E-state index in [4.69, 9.17) is 4.74 Å². The van der Waals surface area contributed by atoms with E-state index in [-0.39, 0.29) is 0 Å². The van der Waals surface area contributed by atoms with Crippen LogP contribution in [0, 0.1) is 6.92 Å². The van der Waals surface area contributed by atoms with Crippen LogP contribution in [-0.2, 0) is 11.3 Å². The van der Waals surface area contributed by atoms with E-state index in [2.05, 4.69) is 4.98 Å². The normalized spacial score (nSPS) is 10.2. The molecule has 0 aliphatic heterocycles. The molecule has 2 nitrogen and oxygen atoms in total. The third-order valence-electron chi connectivity index (χ3n) is 1.53. The van der Waals surface area contributed by atoms with E-state index in [0.29, 0.717) is 0 Å². The van der Waals surface area contributed by atoms with Crippen LogP contribution in [0.4, 0.5) is 0 Å². The van der Waals surface area contributed by atoms with Gasteiger partial charge >= 0.3 is 0 Å². The predicted octanol–water partition coefficient (Wildman–Crippen LogP) is 1.86. The Kier molecular flexibility index (Phi) is 2.51. The largest absolute Gasteiger partial charge is 0.377 e. The monoisotopic (exact) mass is 139 g/mol. The lowest BCUT2D eigenvalue weighted by atomic mass is 10.3. The van der Waals surface area contributed by atoms with Gasteiger partial charge < -0.3 is 9.72 Å². The summed E-state index contributed by atoms with van der Waals surface area (Å²) in [5.41, 5.74) is 2.45. The highest BCUT2D eigenvalue weighted by Gasteiger charge is 1.95. The second-order valence-corrected chi connectivity index (χ2v) is 2.27. The molecule has 2 heteroatoms. The maximum absolute atomic E-state index is 5.24. The van der Waals surface area contributed by atoms with Gasteiger partial charge in [-0.2, -0.15) is 0 Å². The molecule has 0 aliphatic rings. The molecule has 0 aromatic carbocycles. The maximum Gasteiger partial charge on any atom is 0.0734 e. The summed E-state index contributed by atoms with van der Waals surface area (Å²) >= 11 is 0. The molecule has 1 aromatic rings. The van der Waals surface area contributed by atoms with Crippen LogP contribution in [0.25, 0.3) is 0 Å². The van der Waals surface area contributed by atoms with Gasteiger partial charge in [0.15, 0.2) is 0 Å². The van der Waals surface area contributed by atoms with Gasteiger partial charge in [-0.1, -0.05) is 0 Å². The van der Waals surface area contributed by atoms with Gasteiger partial charge in [-0.05, 0) is 25.5 Å². The van der Waals surface area contributed by atoms with E-state index in [1.165, 1.54) is 11.3 Å². The highest BCUT2D eigenvalue weighted by Crippen LogP contribution is 2.05. The minimum absolute atomic E-state index is 0.728. The van der Waals surface area contributed by atoms with Crippen molar-refractivity contribution in [2.45, 2.75) is 20.5 Å². The summed E-state index contributed by atoms with van der Waals surface area (Å²) in [6.45, 7) is 5.56. The highest BCUT2D eigenvalue weighted by atomic mass is 16.5. The van der Waals surface area contributed by atoms with Crippen molar-refractivity contribution in [2.24, 2.45) is 0 Å². The van der Waals surface area contributed by atoms with Crippen LogP contribution in [0.5, 0.6) is 0 Å². The van der Waals surface area contributed by atoms with Crippen molar-refractivity contribution in [1.29, 1.82) is 0 Å². The second kappa shape index (κ2) is 3.42. The molecule has 10 heavy (non-hydrogen) atoms. The molecule has 0 bridgehead atoms. The summed E-state index contributed by atoms with van der Waals surface area (Å²) in [5, 5.41) is 0. The molecular weight excluding hydrogens is 126 g/mol. The molecule has 1 rings (SSSR count). The van der Waals surface area contributed by atoms with E-state index in [0.717, 1.165) is 13.2 Å². The standard InChI is InChI=1S/C8H13NO/c1-3-10-6-8-4-5-9-7(8)2/h4-5,9H,3,6H2,1-2H3. The van der Waals surface area contributed by atoms with Crippen molar-refractivity contribution in [3.05, 3.63) is 23.5 Å². The zero-order valence-corrected chi connectivity index (χ0v) is 6.48. The number of H-pyrrole nitrogens is 1. The van der Waals surface area contributed by atoms with Gasteiger partial charge in [0.05, 0.1) is 6.61 Å². The minimum atomic E-state index is 0.728. The van der Waals surface area contributed by atoms with Crippen LogP contribution in [-0.4, -0.2) is 11.6 Å². The molecule has 0 saturated carbocycles. The lowest BCUT2D eigenvalue weighted by molar-refractivity contribution is 0.134. The zero-order valence-electron chi connectivity index (χ0n) is 6.48. The van der Waals surface area contributed by atoms with Crippen molar-refractivity contribution < 1.29 is 4.74 Å². The molecule has 1 N–H and O–H groups in total. The number of hydrogen-bond acceptors (Lipinski definition) is 1. The Labute approximate surface area is 61.2 Å². The molecule has 0 atom stereocenters. The molecule has 0 spiro atoms. The smallest absolute Gasteiger partial charge is 0.0734 e. The summed E-state index contributed by atoms with van der Waals surface area (Å²) < 4.78 is 5.24. The SMILES string of the molecule is CCOCc1cc[nH]c1C.